The summed E-state index contributed by atoms with van der Waals surface area (Å²) in [6.07, 6.45) is 6.47. The SMILES string of the molecule is OC1CN(C2CCCCC2)CC1Nc1ccccc1. The highest BCUT2D eigenvalue weighted by Crippen LogP contribution is 2.26. The fraction of sp³-hybridized carbons (Fsp3) is 0.625. The zero-order valence-electron chi connectivity index (χ0n) is 11.5. The lowest BCUT2D eigenvalue weighted by molar-refractivity contribution is 0.140. The van der Waals surface area contributed by atoms with Crippen LogP contribution in [0.4, 0.5) is 5.69 Å². The van der Waals surface area contributed by atoms with Gasteiger partial charge in [-0.2, -0.15) is 0 Å². The Kier molecular flexibility index (Phi) is 4.04. The number of likely N-dealkylation sites (tertiary alicyclic amines) is 1. The van der Waals surface area contributed by atoms with Crippen molar-refractivity contribution in [2.24, 2.45) is 0 Å². The lowest BCUT2D eigenvalue weighted by Crippen LogP contribution is -2.36. The van der Waals surface area contributed by atoms with Crippen LogP contribution < -0.4 is 5.32 Å². The Bertz CT molecular complexity index is 389. The van der Waals surface area contributed by atoms with Crippen molar-refractivity contribution in [3.8, 4) is 0 Å². The number of nitrogens with one attached hydrogen (secondary N) is 1. The summed E-state index contributed by atoms with van der Waals surface area (Å²) >= 11 is 0. The minimum absolute atomic E-state index is 0.171. The molecule has 1 aromatic rings. The first kappa shape index (κ1) is 12.9. The van der Waals surface area contributed by atoms with E-state index in [-0.39, 0.29) is 12.1 Å². The second kappa shape index (κ2) is 5.93. The fourth-order valence-corrected chi connectivity index (χ4v) is 3.45. The van der Waals surface area contributed by atoms with Gasteiger partial charge in [-0.25, -0.2) is 0 Å². The van der Waals surface area contributed by atoms with Gasteiger partial charge in [-0.3, -0.25) is 4.90 Å². The Labute approximate surface area is 115 Å². The van der Waals surface area contributed by atoms with Gasteiger partial charge in [-0.15, -0.1) is 0 Å². The molecule has 2 atom stereocenters. The Morgan fingerprint density at radius 2 is 1.74 bits per heavy atom. The molecule has 1 aromatic carbocycles. The molecular formula is C16H24N2O. The van der Waals surface area contributed by atoms with Gasteiger partial charge in [-0.1, -0.05) is 37.5 Å². The molecule has 104 valence electrons. The van der Waals surface area contributed by atoms with E-state index < -0.39 is 0 Å². The number of hydrogen-bond donors (Lipinski definition) is 2. The quantitative estimate of drug-likeness (QED) is 0.876. The van der Waals surface area contributed by atoms with Crippen LogP contribution in [0.25, 0.3) is 0 Å². The Balaban J connectivity index is 1.58. The molecule has 0 radical (unpaired) electrons. The predicted molar refractivity (Wildman–Crippen MR) is 78.3 cm³/mol. The number of aliphatic hydroxyl groups is 1. The molecule has 3 rings (SSSR count). The van der Waals surface area contributed by atoms with Crippen LogP contribution in [-0.2, 0) is 0 Å². The lowest BCUT2D eigenvalue weighted by Gasteiger charge is -2.30. The maximum Gasteiger partial charge on any atom is 0.0880 e. The molecule has 2 N–H and O–H groups in total. The van der Waals surface area contributed by atoms with Crippen molar-refractivity contribution >= 4 is 5.69 Å². The van der Waals surface area contributed by atoms with Crippen LogP contribution in [0.2, 0.25) is 0 Å². The zero-order chi connectivity index (χ0) is 13.1. The second-order valence-corrected chi connectivity index (χ2v) is 5.93. The van der Waals surface area contributed by atoms with E-state index in [1.54, 1.807) is 0 Å². The molecule has 1 aliphatic heterocycles. The summed E-state index contributed by atoms with van der Waals surface area (Å²) in [5.74, 6) is 0. The molecule has 0 aromatic heterocycles. The number of para-hydroxylation sites is 1. The summed E-state index contributed by atoms with van der Waals surface area (Å²) in [7, 11) is 0. The first-order valence-electron chi connectivity index (χ1n) is 7.56. The third-order valence-corrected chi connectivity index (χ3v) is 4.53. The lowest BCUT2D eigenvalue weighted by atomic mass is 9.94. The average molecular weight is 260 g/mol. The highest BCUT2D eigenvalue weighted by Gasteiger charge is 2.35. The number of anilines is 1. The van der Waals surface area contributed by atoms with Crippen LogP contribution in [0.3, 0.4) is 0 Å². The summed E-state index contributed by atoms with van der Waals surface area (Å²) in [6.45, 7) is 1.80. The van der Waals surface area contributed by atoms with E-state index in [1.807, 2.05) is 18.2 Å². The molecule has 1 heterocycles. The minimum Gasteiger partial charge on any atom is -0.390 e. The van der Waals surface area contributed by atoms with Gasteiger partial charge in [0.05, 0.1) is 12.1 Å². The summed E-state index contributed by atoms with van der Waals surface area (Å²) in [5, 5.41) is 13.7. The topological polar surface area (TPSA) is 35.5 Å². The van der Waals surface area contributed by atoms with Crippen molar-refractivity contribution < 1.29 is 5.11 Å². The fourth-order valence-electron chi connectivity index (χ4n) is 3.45. The molecule has 0 amide bonds. The van der Waals surface area contributed by atoms with E-state index >= 15 is 0 Å². The third-order valence-electron chi connectivity index (χ3n) is 4.53. The Morgan fingerprint density at radius 3 is 2.47 bits per heavy atom. The average Bonchev–Trinajstić information content (AvgIpc) is 2.82. The number of aliphatic hydroxyl groups excluding tert-OH is 1. The molecule has 3 nitrogen and oxygen atoms in total. The van der Waals surface area contributed by atoms with Crippen molar-refractivity contribution in [3.05, 3.63) is 30.3 Å². The summed E-state index contributed by atoms with van der Waals surface area (Å²) in [5.41, 5.74) is 1.11. The van der Waals surface area contributed by atoms with Gasteiger partial charge in [-0.05, 0) is 25.0 Å². The Hall–Kier alpha value is -1.06. The minimum atomic E-state index is -0.248. The monoisotopic (exact) mass is 260 g/mol. The van der Waals surface area contributed by atoms with Crippen molar-refractivity contribution in [1.29, 1.82) is 0 Å². The van der Waals surface area contributed by atoms with Gasteiger partial charge < -0.3 is 10.4 Å². The maximum atomic E-state index is 10.2. The molecule has 1 saturated carbocycles. The Morgan fingerprint density at radius 1 is 1.00 bits per heavy atom. The first-order chi connectivity index (χ1) is 9.33. The number of β-amino-alcohol motifs (C(OH)–C–C–N with tert-alkyl or cyclic N) is 1. The van der Waals surface area contributed by atoms with E-state index in [0.717, 1.165) is 18.8 Å². The van der Waals surface area contributed by atoms with Crippen LogP contribution in [0.1, 0.15) is 32.1 Å². The normalized spacial score (nSPS) is 29.5. The van der Waals surface area contributed by atoms with Crippen molar-refractivity contribution in [2.45, 2.75) is 50.3 Å². The predicted octanol–water partition coefficient (Wildman–Crippen LogP) is 2.48. The number of nitrogens with zero attached hydrogens (tertiary/aromatic N) is 1. The number of benzene rings is 1. The largest absolute Gasteiger partial charge is 0.390 e. The molecule has 2 fully saturated rings. The van der Waals surface area contributed by atoms with Crippen LogP contribution >= 0.6 is 0 Å². The van der Waals surface area contributed by atoms with E-state index in [0.29, 0.717) is 6.04 Å². The third kappa shape index (κ3) is 3.10. The van der Waals surface area contributed by atoms with E-state index in [1.165, 1.54) is 32.1 Å². The van der Waals surface area contributed by atoms with Gasteiger partial charge in [0, 0.05) is 24.8 Å². The van der Waals surface area contributed by atoms with Gasteiger partial charge in [0.25, 0.3) is 0 Å². The summed E-state index contributed by atoms with van der Waals surface area (Å²) in [6, 6.07) is 11.1. The van der Waals surface area contributed by atoms with Gasteiger partial charge in [0.2, 0.25) is 0 Å². The van der Waals surface area contributed by atoms with Crippen LogP contribution in [0.15, 0.2) is 30.3 Å². The highest BCUT2D eigenvalue weighted by atomic mass is 16.3. The van der Waals surface area contributed by atoms with E-state index in [9.17, 15) is 5.11 Å². The summed E-state index contributed by atoms with van der Waals surface area (Å²) < 4.78 is 0. The van der Waals surface area contributed by atoms with E-state index in [2.05, 4.69) is 22.3 Å². The van der Waals surface area contributed by atoms with Crippen molar-refractivity contribution in [2.75, 3.05) is 18.4 Å². The molecule has 1 saturated heterocycles. The zero-order valence-corrected chi connectivity index (χ0v) is 11.5. The standard InChI is InChI=1S/C16H24N2O/c19-16-12-18(14-9-5-2-6-10-14)11-15(16)17-13-7-3-1-4-8-13/h1,3-4,7-8,14-17,19H,2,5-6,9-12H2. The molecule has 19 heavy (non-hydrogen) atoms. The van der Waals surface area contributed by atoms with Crippen LogP contribution in [0.5, 0.6) is 0 Å². The number of rotatable bonds is 3. The smallest absolute Gasteiger partial charge is 0.0880 e. The molecule has 2 aliphatic rings. The van der Waals surface area contributed by atoms with Gasteiger partial charge in [0.15, 0.2) is 0 Å². The van der Waals surface area contributed by atoms with Crippen molar-refractivity contribution in [1.82, 2.24) is 4.90 Å². The molecule has 1 aliphatic carbocycles. The molecule has 2 unspecified atom stereocenters. The van der Waals surface area contributed by atoms with E-state index in [4.69, 9.17) is 0 Å². The highest BCUT2D eigenvalue weighted by molar-refractivity contribution is 5.44. The molecular weight excluding hydrogens is 236 g/mol. The van der Waals surface area contributed by atoms with Crippen molar-refractivity contribution in [3.63, 3.8) is 0 Å². The van der Waals surface area contributed by atoms with Crippen LogP contribution in [0, 0.1) is 0 Å². The number of hydrogen-bond acceptors (Lipinski definition) is 3. The molecule has 0 bridgehead atoms. The summed E-state index contributed by atoms with van der Waals surface area (Å²) in [4.78, 5) is 2.49. The molecule has 3 heteroatoms. The van der Waals surface area contributed by atoms with Gasteiger partial charge in [0.1, 0.15) is 0 Å². The maximum absolute atomic E-state index is 10.2. The second-order valence-electron chi connectivity index (χ2n) is 5.93. The first-order valence-corrected chi connectivity index (χ1v) is 7.56. The molecule has 0 spiro atoms. The van der Waals surface area contributed by atoms with Crippen LogP contribution in [-0.4, -0.2) is 41.3 Å². The van der Waals surface area contributed by atoms with Gasteiger partial charge >= 0.3 is 0 Å².